The Balaban J connectivity index is 1.36. The zero-order valence-corrected chi connectivity index (χ0v) is 23.7. The highest BCUT2D eigenvalue weighted by atomic mass is 19.4. The molecule has 11 nitrogen and oxygen atoms in total. The number of alkyl halides is 3. The first kappa shape index (κ1) is 32.1. The van der Waals surface area contributed by atoms with Crippen molar-refractivity contribution in [2.24, 2.45) is 0 Å². The maximum atomic E-state index is 13.0. The van der Waals surface area contributed by atoms with Crippen LogP contribution in [0.2, 0.25) is 0 Å². The van der Waals surface area contributed by atoms with E-state index in [2.05, 4.69) is 31.2 Å². The van der Waals surface area contributed by atoms with E-state index in [4.69, 9.17) is 5.11 Å². The molecule has 0 radical (unpaired) electrons. The van der Waals surface area contributed by atoms with Crippen molar-refractivity contribution in [1.29, 1.82) is 0 Å². The number of hydrogen-bond acceptors (Lipinski definition) is 7. The van der Waals surface area contributed by atoms with E-state index >= 15 is 0 Å². The molecule has 1 aromatic heterocycles. The lowest BCUT2D eigenvalue weighted by Crippen LogP contribution is -2.16. The lowest BCUT2D eigenvalue weighted by Gasteiger charge is -2.12. The van der Waals surface area contributed by atoms with Crippen LogP contribution >= 0.6 is 0 Å². The summed E-state index contributed by atoms with van der Waals surface area (Å²) in [6, 6.07) is 15.3. The summed E-state index contributed by atoms with van der Waals surface area (Å²) >= 11 is 0. The van der Waals surface area contributed by atoms with Crippen LogP contribution in [-0.2, 0) is 15.8 Å². The number of rotatable bonds is 11. The SMILES string of the molecule is Cc1ccc(NC(=O)c2cccc(C(F)(F)F)c2)cc1C(=O)Nc1cnc(Nc2cccc(NC(=O)CCCC(=O)O)c2)nc1. The summed E-state index contributed by atoms with van der Waals surface area (Å²) in [5.41, 5.74) is 1.19. The first-order chi connectivity index (χ1) is 21.4. The molecule has 4 rings (SSSR count). The molecule has 0 aliphatic rings. The quantitative estimate of drug-likeness (QED) is 0.132. The molecule has 3 amide bonds. The first-order valence-corrected chi connectivity index (χ1v) is 13.5. The van der Waals surface area contributed by atoms with Gasteiger partial charge in [-0.2, -0.15) is 13.2 Å². The highest BCUT2D eigenvalue weighted by Crippen LogP contribution is 2.30. The topological polar surface area (TPSA) is 162 Å². The van der Waals surface area contributed by atoms with E-state index in [1.807, 2.05) is 0 Å². The smallest absolute Gasteiger partial charge is 0.416 e. The van der Waals surface area contributed by atoms with Gasteiger partial charge in [-0.25, -0.2) is 9.97 Å². The van der Waals surface area contributed by atoms with Gasteiger partial charge < -0.3 is 26.4 Å². The molecule has 0 saturated heterocycles. The number of aromatic nitrogens is 2. The van der Waals surface area contributed by atoms with Crippen LogP contribution < -0.4 is 21.3 Å². The Hall–Kier alpha value is -5.79. The first-order valence-electron chi connectivity index (χ1n) is 13.5. The molecule has 232 valence electrons. The van der Waals surface area contributed by atoms with Crippen molar-refractivity contribution in [3.8, 4) is 0 Å². The summed E-state index contributed by atoms with van der Waals surface area (Å²) in [6.45, 7) is 1.68. The summed E-state index contributed by atoms with van der Waals surface area (Å²) in [5, 5.41) is 19.6. The molecule has 0 bridgehead atoms. The van der Waals surface area contributed by atoms with Gasteiger partial charge in [0.15, 0.2) is 0 Å². The fourth-order valence-electron chi connectivity index (χ4n) is 4.07. The Morgan fingerprint density at radius 2 is 1.42 bits per heavy atom. The molecule has 0 aliphatic heterocycles. The van der Waals surface area contributed by atoms with Crippen molar-refractivity contribution >= 4 is 52.4 Å². The van der Waals surface area contributed by atoms with Crippen LogP contribution in [0.1, 0.15) is 51.1 Å². The number of anilines is 5. The van der Waals surface area contributed by atoms with E-state index in [0.717, 1.165) is 18.2 Å². The Labute approximate surface area is 254 Å². The largest absolute Gasteiger partial charge is 0.481 e. The lowest BCUT2D eigenvalue weighted by molar-refractivity contribution is -0.138. The van der Waals surface area contributed by atoms with Crippen molar-refractivity contribution in [1.82, 2.24) is 9.97 Å². The highest BCUT2D eigenvalue weighted by molar-refractivity contribution is 6.08. The van der Waals surface area contributed by atoms with Gasteiger partial charge in [-0.15, -0.1) is 0 Å². The van der Waals surface area contributed by atoms with Crippen molar-refractivity contribution in [3.05, 3.63) is 101 Å². The normalized spacial score (nSPS) is 10.9. The number of carbonyl (C=O) groups excluding carboxylic acids is 3. The predicted octanol–water partition coefficient (Wildman–Crippen LogP) is 6.25. The molecule has 0 aliphatic carbocycles. The Morgan fingerprint density at radius 1 is 0.756 bits per heavy atom. The third-order valence-corrected chi connectivity index (χ3v) is 6.30. The number of carboxylic acids is 1. The van der Waals surface area contributed by atoms with E-state index in [-0.39, 0.29) is 53.6 Å². The second kappa shape index (κ2) is 14.1. The van der Waals surface area contributed by atoms with Gasteiger partial charge in [0, 0.05) is 41.0 Å². The average Bonchev–Trinajstić information content (AvgIpc) is 2.98. The van der Waals surface area contributed by atoms with Gasteiger partial charge in [-0.1, -0.05) is 18.2 Å². The van der Waals surface area contributed by atoms with E-state index in [1.54, 1.807) is 37.3 Å². The van der Waals surface area contributed by atoms with Gasteiger partial charge in [0.05, 0.1) is 23.6 Å². The minimum Gasteiger partial charge on any atom is -0.481 e. The van der Waals surface area contributed by atoms with E-state index in [9.17, 15) is 32.3 Å². The van der Waals surface area contributed by atoms with E-state index in [1.165, 1.54) is 30.6 Å². The van der Waals surface area contributed by atoms with Gasteiger partial charge >= 0.3 is 12.1 Å². The van der Waals surface area contributed by atoms with Crippen molar-refractivity contribution in [3.63, 3.8) is 0 Å². The van der Waals surface area contributed by atoms with Crippen molar-refractivity contribution in [2.45, 2.75) is 32.4 Å². The van der Waals surface area contributed by atoms with Crippen LogP contribution in [0.5, 0.6) is 0 Å². The molecule has 14 heteroatoms. The number of aryl methyl sites for hydroxylation is 1. The molecule has 45 heavy (non-hydrogen) atoms. The number of carboxylic acid groups (broad SMARTS) is 1. The van der Waals surface area contributed by atoms with Crippen LogP contribution in [0.15, 0.2) is 79.1 Å². The minimum atomic E-state index is -4.60. The highest BCUT2D eigenvalue weighted by Gasteiger charge is 2.31. The number of amides is 3. The summed E-state index contributed by atoms with van der Waals surface area (Å²) < 4.78 is 39.1. The molecular formula is C31H27F3N6O5. The molecule has 5 N–H and O–H groups in total. The predicted molar refractivity (Wildman–Crippen MR) is 160 cm³/mol. The second-order valence-electron chi connectivity index (χ2n) is 9.81. The maximum Gasteiger partial charge on any atom is 0.416 e. The number of nitrogens with one attached hydrogen (secondary N) is 4. The van der Waals surface area contributed by atoms with Crippen LogP contribution in [0, 0.1) is 6.92 Å². The van der Waals surface area contributed by atoms with Crippen LogP contribution in [0.4, 0.5) is 41.9 Å². The summed E-state index contributed by atoms with van der Waals surface area (Å²) in [7, 11) is 0. The zero-order chi connectivity index (χ0) is 32.6. The third kappa shape index (κ3) is 9.35. The monoisotopic (exact) mass is 620 g/mol. The van der Waals surface area contributed by atoms with Crippen LogP contribution in [0.25, 0.3) is 0 Å². The summed E-state index contributed by atoms with van der Waals surface area (Å²) in [6.07, 6.45) is -1.66. The van der Waals surface area contributed by atoms with Gasteiger partial charge in [0.2, 0.25) is 11.9 Å². The van der Waals surface area contributed by atoms with Gasteiger partial charge in [-0.3, -0.25) is 19.2 Å². The van der Waals surface area contributed by atoms with Crippen LogP contribution in [-0.4, -0.2) is 38.8 Å². The van der Waals surface area contributed by atoms with E-state index in [0.29, 0.717) is 16.9 Å². The molecule has 0 fully saturated rings. The standard InChI is InChI=1S/C31H27F3N6O5/c1-18-11-12-23(38-28(44)19-5-2-6-20(13-19)31(32,33)34)15-25(18)29(45)39-24-16-35-30(36-17-24)40-22-8-3-7-21(14-22)37-26(41)9-4-10-27(42)43/h2-3,5-8,11-17H,4,9-10H2,1H3,(H,37,41)(H,38,44)(H,39,45)(H,42,43)(H,35,36,40). The van der Waals surface area contributed by atoms with Gasteiger partial charge in [0.25, 0.3) is 11.8 Å². The number of aliphatic carboxylic acids is 1. The van der Waals surface area contributed by atoms with E-state index < -0.39 is 29.5 Å². The number of nitrogens with zero attached hydrogens (tertiary/aromatic N) is 2. The lowest BCUT2D eigenvalue weighted by atomic mass is 10.1. The van der Waals surface area contributed by atoms with Crippen molar-refractivity contribution < 1.29 is 37.5 Å². The summed E-state index contributed by atoms with van der Waals surface area (Å²) in [4.78, 5) is 56.6. The molecule has 0 spiro atoms. The Morgan fingerprint density at radius 3 is 2.13 bits per heavy atom. The molecule has 0 saturated carbocycles. The molecule has 1 heterocycles. The van der Waals surface area contributed by atoms with Gasteiger partial charge in [-0.05, 0) is 67.4 Å². The molecule has 0 atom stereocenters. The minimum absolute atomic E-state index is 0.0680. The number of benzene rings is 3. The summed E-state index contributed by atoms with van der Waals surface area (Å²) in [5.74, 6) is -2.38. The fraction of sp³-hybridized carbons (Fsp3) is 0.161. The maximum absolute atomic E-state index is 13.0. The Kier molecular flexibility index (Phi) is 10.1. The van der Waals surface area contributed by atoms with Crippen molar-refractivity contribution in [2.75, 3.05) is 21.3 Å². The van der Waals surface area contributed by atoms with Crippen LogP contribution in [0.3, 0.4) is 0 Å². The molecule has 4 aromatic rings. The second-order valence-corrected chi connectivity index (χ2v) is 9.81. The number of halogens is 3. The average molecular weight is 621 g/mol. The molecule has 3 aromatic carbocycles. The van der Waals surface area contributed by atoms with Gasteiger partial charge in [0.1, 0.15) is 0 Å². The zero-order valence-electron chi connectivity index (χ0n) is 23.7. The number of hydrogen-bond donors (Lipinski definition) is 5. The number of carbonyl (C=O) groups is 4. The Bertz CT molecular complexity index is 1730. The molecule has 0 unspecified atom stereocenters. The molecular weight excluding hydrogens is 593 g/mol. The fourth-order valence-corrected chi connectivity index (χ4v) is 4.07. The third-order valence-electron chi connectivity index (χ3n) is 6.30.